The first-order valence-electron chi connectivity index (χ1n) is 9.16. The summed E-state index contributed by atoms with van der Waals surface area (Å²) in [7, 11) is 0. The van der Waals surface area contributed by atoms with Crippen LogP contribution in [0.2, 0.25) is 0 Å². The summed E-state index contributed by atoms with van der Waals surface area (Å²) in [6.45, 7) is 6.28. The molecule has 1 aliphatic carbocycles. The average Bonchev–Trinajstić information content (AvgIpc) is 2.96. The van der Waals surface area contributed by atoms with Gasteiger partial charge in [0.15, 0.2) is 5.76 Å². The van der Waals surface area contributed by atoms with Gasteiger partial charge in [0.1, 0.15) is 11.4 Å². The quantitative estimate of drug-likeness (QED) is 0.777. The fourth-order valence-electron chi connectivity index (χ4n) is 3.71. The predicted molar refractivity (Wildman–Crippen MR) is 100 cm³/mol. The predicted octanol–water partition coefficient (Wildman–Crippen LogP) is 3.96. The number of carbonyl (C=O) groups excluding carboxylic acids is 1. The molecule has 2 aromatic heterocycles. The number of benzene rings is 1. The number of fused-ring (bicyclic) bond motifs is 2. The third-order valence-corrected chi connectivity index (χ3v) is 5.14. The van der Waals surface area contributed by atoms with Crippen LogP contribution in [0.5, 0.6) is 0 Å². The molecular weight excluding hydrogens is 326 g/mol. The van der Waals surface area contributed by atoms with E-state index < -0.39 is 0 Å². The first-order chi connectivity index (χ1) is 12.5. The molecule has 1 aromatic carbocycles. The van der Waals surface area contributed by atoms with Crippen molar-refractivity contribution in [3.63, 3.8) is 0 Å². The first-order valence-corrected chi connectivity index (χ1v) is 9.16. The first kappa shape index (κ1) is 16.8. The van der Waals surface area contributed by atoms with Gasteiger partial charge in [-0.15, -0.1) is 0 Å². The minimum absolute atomic E-state index is 0.227. The van der Waals surface area contributed by atoms with E-state index in [2.05, 4.69) is 15.3 Å². The lowest BCUT2D eigenvalue weighted by Crippen LogP contribution is -2.25. The molecule has 0 fully saturated rings. The van der Waals surface area contributed by atoms with Crippen LogP contribution >= 0.6 is 0 Å². The molecule has 3 aromatic rings. The molecule has 0 unspecified atom stereocenters. The van der Waals surface area contributed by atoms with Crippen LogP contribution in [0.15, 0.2) is 22.6 Å². The van der Waals surface area contributed by atoms with Gasteiger partial charge in [-0.2, -0.15) is 0 Å². The van der Waals surface area contributed by atoms with Crippen molar-refractivity contribution in [2.45, 2.75) is 53.0 Å². The Kier molecular flexibility index (Phi) is 4.23. The van der Waals surface area contributed by atoms with Crippen LogP contribution < -0.4 is 5.32 Å². The highest BCUT2D eigenvalue weighted by Crippen LogP contribution is 2.26. The van der Waals surface area contributed by atoms with Gasteiger partial charge in [-0.05, 0) is 64.2 Å². The maximum atomic E-state index is 12.6. The number of aromatic nitrogens is 2. The fraction of sp³-hybridized carbons (Fsp3) is 0.381. The number of amides is 1. The molecule has 1 aliphatic rings. The van der Waals surface area contributed by atoms with E-state index in [0.717, 1.165) is 46.3 Å². The summed E-state index contributed by atoms with van der Waals surface area (Å²) in [4.78, 5) is 21.8. The molecular formula is C21H23N3O2. The van der Waals surface area contributed by atoms with Gasteiger partial charge in [-0.1, -0.05) is 11.6 Å². The van der Waals surface area contributed by atoms with Crippen LogP contribution in [0.25, 0.3) is 11.0 Å². The van der Waals surface area contributed by atoms with Crippen molar-refractivity contribution in [1.29, 1.82) is 0 Å². The third-order valence-electron chi connectivity index (χ3n) is 5.14. The van der Waals surface area contributed by atoms with Crippen LogP contribution in [0.3, 0.4) is 0 Å². The van der Waals surface area contributed by atoms with Gasteiger partial charge in [0, 0.05) is 22.3 Å². The highest BCUT2D eigenvalue weighted by atomic mass is 16.3. The summed E-state index contributed by atoms with van der Waals surface area (Å²) in [6.07, 6.45) is 4.44. The molecule has 0 aliphatic heterocycles. The molecule has 0 radical (unpaired) electrons. The summed E-state index contributed by atoms with van der Waals surface area (Å²) < 4.78 is 5.77. The Hall–Kier alpha value is -2.69. The summed E-state index contributed by atoms with van der Waals surface area (Å²) in [6, 6.07) is 5.93. The van der Waals surface area contributed by atoms with Gasteiger partial charge in [0.25, 0.3) is 5.91 Å². The second-order valence-corrected chi connectivity index (χ2v) is 7.10. The van der Waals surface area contributed by atoms with Crippen LogP contribution in [-0.2, 0) is 19.4 Å². The van der Waals surface area contributed by atoms with Crippen molar-refractivity contribution in [3.8, 4) is 0 Å². The average molecular weight is 349 g/mol. The van der Waals surface area contributed by atoms with Crippen molar-refractivity contribution in [1.82, 2.24) is 15.3 Å². The van der Waals surface area contributed by atoms with Gasteiger partial charge >= 0.3 is 0 Å². The molecule has 1 N–H and O–H groups in total. The van der Waals surface area contributed by atoms with Crippen molar-refractivity contribution < 1.29 is 9.21 Å². The van der Waals surface area contributed by atoms with E-state index in [-0.39, 0.29) is 5.91 Å². The summed E-state index contributed by atoms with van der Waals surface area (Å²) in [5.41, 5.74) is 6.21. The van der Waals surface area contributed by atoms with Crippen LogP contribution in [0, 0.1) is 20.8 Å². The van der Waals surface area contributed by atoms with E-state index in [1.807, 2.05) is 39.0 Å². The van der Waals surface area contributed by atoms with Crippen molar-refractivity contribution in [2.24, 2.45) is 0 Å². The molecule has 1 amide bonds. The molecule has 4 rings (SSSR count). The molecule has 0 spiro atoms. The molecule has 0 atom stereocenters. The Morgan fingerprint density at radius 3 is 2.81 bits per heavy atom. The van der Waals surface area contributed by atoms with Gasteiger partial charge < -0.3 is 9.73 Å². The van der Waals surface area contributed by atoms with Crippen LogP contribution in [0.4, 0.5) is 0 Å². The molecule has 0 saturated heterocycles. The van der Waals surface area contributed by atoms with E-state index in [4.69, 9.17) is 4.42 Å². The molecule has 5 heteroatoms. The largest absolute Gasteiger partial charge is 0.451 e. The van der Waals surface area contributed by atoms with Gasteiger partial charge in [-0.25, -0.2) is 9.97 Å². The lowest BCUT2D eigenvalue weighted by atomic mass is 9.95. The fourth-order valence-corrected chi connectivity index (χ4v) is 3.71. The van der Waals surface area contributed by atoms with Crippen LogP contribution in [-0.4, -0.2) is 15.9 Å². The Labute approximate surface area is 152 Å². The second kappa shape index (κ2) is 6.56. The second-order valence-electron chi connectivity index (χ2n) is 7.10. The third kappa shape index (κ3) is 2.98. The zero-order valence-corrected chi connectivity index (χ0v) is 15.5. The lowest BCUT2D eigenvalue weighted by Gasteiger charge is -2.17. The highest BCUT2D eigenvalue weighted by Gasteiger charge is 2.19. The molecule has 134 valence electrons. The number of aryl methyl sites for hydroxylation is 4. The zero-order valence-electron chi connectivity index (χ0n) is 15.5. The van der Waals surface area contributed by atoms with Gasteiger partial charge in [0.2, 0.25) is 0 Å². The van der Waals surface area contributed by atoms with Gasteiger partial charge in [-0.3, -0.25) is 4.79 Å². The summed E-state index contributed by atoms with van der Waals surface area (Å²) in [5, 5.41) is 3.89. The van der Waals surface area contributed by atoms with Gasteiger partial charge in [0.05, 0.1) is 6.54 Å². The number of carbonyl (C=O) groups is 1. The number of hydrogen-bond donors (Lipinski definition) is 1. The number of nitrogens with zero attached hydrogens (tertiary/aromatic N) is 2. The Balaban J connectivity index is 1.54. The minimum Gasteiger partial charge on any atom is -0.451 e. The standard InChI is InChI=1S/C21H23N3O2/c1-12-8-9-18-16(10-12)13(2)20(26-18)21(25)22-11-19-23-14(3)15-6-4-5-7-17(15)24-19/h8-10H,4-7,11H2,1-3H3,(H,22,25). The number of rotatable bonds is 3. The Morgan fingerprint density at radius 2 is 1.96 bits per heavy atom. The van der Waals surface area contributed by atoms with Crippen molar-refractivity contribution in [3.05, 3.63) is 57.9 Å². The molecule has 2 heterocycles. The Morgan fingerprint density at radius 1 is 1.15 bits per heavy atom. The molecule has 5 nitrogen and oxygen atoms in total. The molecule has 26 heavy (non-hydrogen) atoms. The topological polar surface area (TPSA) is 68.0 Å². The lowest BCUT2D eigenvalue weighted by molar-refractivity contribution is 0.0923. The maximum absolute atomic E-state index is 12.6. The number of furan rings is 1. The van der Waals surface area contributed by atoms with E-state index >= 15 is 0 Å². The summed E-state index contributed by atoms with van der Waals surface area (Å²) in [5.74, 6) is 0.803. The van der Waals surface area contributed by atoms with E-state index in [9.17, 15) is 4.79 Å². The van der Waals surface area contributed by atoms with Crippen LogP contribution in [0.1, 0.15) is 57.3 Å². The SMILES string of the molecule is Cc1ccc2oc(C(=O)NCc3nc(C)c4c(n3)CCCC4)c(C)c2c1. The smallest absolute Gasteiger partial charge is 0.287 e. The normalized spacial score (nSPS) is 13.7. The highest BCUT2D eigenvalue weighted by molar-refractivity contribution is 5.98. The summed E-state index contributed by atoms with van der Waals surface area (Å²) >= 11 is 0. The molecule has 0 saturated carbocycles. The minimum atomic E-state index is -0.227. The maximum Gasteiger partial charge on any atom is 0.287 e. The van der Waals surface area contributed by atoms with Crippen molar-refractivity contribution >= 4 is 16.9 Å². The van der Waals surface area contributed by atoms with E-state index in [1.54, 1.807) is 0 Å². The molecule has 0 bridgehead atoms. The van der Waals surface area contributed by atoms with Crippen molar-refractivity contribution in [2.75, 3.05) is 0 Å². The number of nitrogens with one attached hydrogen (secondary N) is 1. The zero-order chi connectivity index (χ0) is 18.3. The Bertz CT molecular complexity index is 1000. The monoisotopic (exact) mass is 349 g/mol. The van der Waals surface area contributed by atoms with E-state index in [1.165, 1.54) is 18.4 Å². The van der Waals surface area contributed by atoms with E-state index in [0.29, 0.717) is 18.1 Å². The number of hydrogen-bond acceptors (Lipinski definition) is 4.